The molecule has 1 aliphatic carbocycles. The third-order valence-corrected chi connectivity index (χ3v) is 6.20. The number of carbonyl (C=O) groups excluding carboxylic acids is 1. The van der Waals surface area contributed by atoms with E-state index in [9.17, 15) is 4.79 Å². The summed E-state index contributed by atoms with van der Waals surface area (Å²) < 4.78 is 5.20. The minimum Gasteiger partial charge on any atom is -0.497 e. The van der Waals surface area contributed by atoms with Gasteiger partial charge in [-0.25, -0.2) is 9.97 Å². The van der Waals surface area contributed by atoms with Crippen molar-refractivity contribution < 1.29 is 9.53 Å². The molecule has 2 N–H and O–H groups in total. The molecule has 1 aliphatic heterocycles. The number of nitrogens with zero attached hydrogens (tertiary/aromatic N) is 3. The highest BCUT2D eigenvalue weighted by atomic mass is 16.5. The van der Waals surface area contributed by atoms with Crippen LogP contribution in [0.3, 0.4) is 0 Å². The van der Waals surface area contributed by atoms with E-state index < -0.39 is 0 Å². The van der Waals surface area contributed by atoms with Crippen LogP contribution in [0.1, 0.15) is 57.1 Å². The molecule has 2 aliphatic rings. The van der Waals surface area contributed by atoms with Crippen molar-refractivity contribution in [3.8, 4) is 5.75 Å². The number of rotatable bonds is 9. The number of hydrogen-bond donors (Lipinski definition) is 2. The Kier molecular flexibility index (Phi) is 6.89. The van der Waals surface area contributed by atoms with Crippen molar-refractivity contribution in [2.75, 3.05) is 30.4 Å². The van der Waals surface area contributed by atoms with E-state index in [0.29, 0.717) is 18.4 Å². The van der Waals surface area contributed by atoms with Crippen molar-refractivity contribution in [2.45, 2.75) is 57.5 Å². The lowest BCUT2D eigenvalue weighted by Gasteiger charge is -2.33. The van der Waals surface area contributed by atoms with E-state index in [4.69, 9.17) is 4.74 Å². The Labute approximate surface area is 184 Å². The van der Waals surface area contributed by atoms with Crippen molar-refractivity contribution in [1.29, 1.82) is 0 Å². The molecule has 7 heteroatoms. The number of carbonyl (C=O) groups is 1. The van der Waals surface area contributed by atoms with Crippen molar-refractivity contribution in [1.82, 2.24) is 15.3 Å². The first-order valence-corrected chi connectivity index (χ1v) is 11.4. The van der Waals surface area contributed by atoms with Gasteiger partial charge in [-0.1, -0.05) is 12.1 Å². The number of piperidine rings is 1. The van der Waals surface area contributed by atoms with Crippen LogP contribution in [-0.4, -0.2) is 42.1 Å². The van der Waals surface area contributed by atoms with E-state index in [2.05, 4.69) is 31.6 Å². The lowest BCUT2D eigenvalue weighted by atomic mass is 9.93. The first-order chi connectivity index (χ1) is 15.1. The van der Waals surface area contributed by atoms with E-state index in [1.54, 1.807) is 13.4 Å². The first kappa shape index (κ1) is 21.4. The predicted molar refractivity (Wildman–Crippen MR) is 122 cm³/mol. The first-order valence-electron chi connectivity index (χ1n) is 11.4. The molecule has 1 amide bonds. The second-order valence-electron chi connectivity index (χ2n) is 8.74. The Morgan fingerprint density at radius 2 is 2.03 bits per heavy atom. The Morgan fingerprint density at radius 3 is 2.77 bits per heavy atom. The van der Waals surface area contributed by atoms with E-state index in [-0.39, 0.29) is 11.9 Å². The van der Waals surface area contributed by atoms with Gasteiger partial charge in [0, 0.05) is 31.6 Å². The maximum Gasteiger partial charge on any atom is 0.220 e. The number of benzene rings is 1. The number of amides is 1. The highest BCUT2D eigenvalue weighted by molar-refractivity contribution is 5.76. The van der Waals surface area contributed by atoms with Gasteiger partial charge in [0.05, 0.1) is 13.2 Å². The molecule has 166 valence electrons. The van der Waals surface area contributed by atoms with Crippen molar-refractivity contribution in [3.05, 3.63) is 42.2 Å². The summed E-state index contributed by atoms with van der Waals surface area (Å²) in [7, 11) is 1.65. The number of hydrogen-bond acceptors (Lipinski definition) is 6. The summed E-state index contributed by atoms with van der Waals surface area (Å²) in [6.45, 7) is 3.97. The lowest BCUT2D eigenvalue weighted by molar-refractivity contribution is -0.122. The van der Waals surface area contributed by atoms with Crippen molar-refractivity contribution in [2.24, 2.45) is 5.92 Å². The van der Waals surface area contributed by atoms with Gasteiger partial charge in [-0.3, -0.25) is 4.79 Å². The molecule has 1 saturated heterocycles. The van der Waals surface area contributed by atoms with Crippen LogP contribution < -0.4 is 20.3 Å². The van der Waals surface area contributed by atoms with Gasteiger partial charge in [0.1, 0.15) is 23.7 Å². The van der Waals surface area contributed by atoms with Gasteiger partial charge >= 0.3 is 0 Å². The van der Waals surface area contributed by atoms with E-state index >= 15 is 0 Å². The number of nitrogens with one attached hydrogen (secondary N) is 2. The molecule has 2 heterocycles. The monoisotopic (exact) mass is 423 g/mol. The van der Waals surface area contributed by atoms with Crippen LogP contribution in [-0.2, 0) is 4.79 Å². The summed E-state index contributed by atoms with van der Waals surface area (Å²) in [4.78, 5) is 23.7. The molecule has 2 atom stereocenters. The topological polar surface area (TPSA) is 79.4 Å². The van der Waals surface area contributed by atoms with Crippen LogP contribution in [0.25, 0.3) is 0 Å². The minimum atomic E-state index is -0.0142. The third-order valence-electron chi connectivity index (χ3n) is 6.20. The standard InChI is InChI=1S/C24H33N5O2/c1-17(19-6-10-21(31-2)11-7-19)27-24(30)12-5-18-4-3-13-29(15-18)23-14-22(25-16-26-23)28-20-8-9-20/h6-7,10-11,14,16-18,20H,3-5,8-9,12-13,15H2,1-2H3,(H,27,30)(H,25,26,28)/t17-,18+/m0/s1. The summed E-state index contributed by atoms with van der Waals surface area (Å²) in [6.07, 6.45) is 7.85. The van der Waals surface area contributed by atoms with Gasteiger partial charge in [0.25, 0.3) is 0 Å². The zero-order valence-corrected chi connectivity index (χ0v) is 18.5. The second kappa shape index (κ2) is 9.98. The number of ether oxygens (including phenoxy) is 1. The molecular weight excluding hydrogens is 390 g/mol. The molecule has 0 radical (unpaired) electrons. The van der Waals surface area contributed by atoms with Crippen molar-refractivity contribution >= 4 is 17.5 Å². The molecule has 1 aromatic carbocycles. The fraction of sp³-hybridized carbons (Fsp3) is 0.542. The van der Waals surface area contributed by atoms with Gasteiger partial charge in [-0.05, 0) is 62.6 Å². The van der Waals surface area contributed by atoms with Gasteiger partial charge in [0.15, 0.2) is 0 Å². The van der Waals surface area contributed by atoms with Gasteiger partial charge in [-0.2, -0.15) is 0 Å². The molecule has 0 unspecified atom stereocenters. The molecular formula is C24H33N5O2. The van der Waals surface area contributed by atoms with Gasteiger partial charge in [-0.15, -0.1) is 0 Å². The average Bonchev–Trinajstić information content (AvgIpc) is 3.62. The number of methoxy groups -OCH3 is 1. The maximum atomic E-state index is 12.5. The summed E-state index contributed by atoms with van der Waals surface area (Å²) in [6, 6.07) is 10.5. The molecule has 0 bridgehead atoms. The largest absolute Gasteiger partial charge is 0.497 e. The molecule has 2 fully saturated rings. The fourth-order valence-corrected chi connectivity index (χ4v) is 4.17. The zero-order valence-electron chi connectivity index (χ0n) is 18.5. The Bertz CT molecular complexity index is 869. The van der Waals surface area contributed by atoms with Gasteiger partial charge < -0.3 is 20.3 Å². The smallest absolute Gasteiger partial charge is 0.220 e. The Hall–Kier alpha value is -2.83. The maximum absolute atomic E-state index is 12.5. The quantitative estimate of drug-likeness (QED) is 0.636. The summed E-state index contributed by atoms with van der Waals surface area (Å²) >= 11 is 0. The van der Waals surface area contributed by atoms with Crippen LogP contribution >= 0.6 is 0 Å². The molecule has 0 spiro atoms. The molecule has 2 aromatic rings. The highest BCUT2D eigenvalue weighted by Crippen LogP contribution is 2.28. The van der Waals surface area contributed by atoms with Crippen LogP contribution in [0.5, 0.6) is 5.75 Å². The SMILES string of the molecule is COc1ccc([C@H](C)NC(=O)CC[C@H]2CCCN(c3cc(NC4CC4)ncn3)C2)cc1. The lowest BCUT2D eigenvalue weighted by Crippen LogP contribution is -2.36. The predicted octanol–water partition coefficient (Wildman–Crippen LogP) is 3.93. The average molecular weight is 424 g/mol. The molecule has 1 saturated carbocycles. The summed E-state index contributed by atoms with van der Waals surface area (Å²) in [5, 5.41) is 6.57. The van der Waals surface area contributed by atoms with Crippen LogP contribution in [0, 0.1) is 5.92 Å². The van der Waals surface area contributed by atoms with E-state index in [0.717, 1.165) is 55.3 Å². The molecule has 31 heavy (non-hydrogen) atoms. The summed E-state index contributed by atoms with van der Waals surface area (Å²) in [5.41, 5.74) is 1.08. The van der Waals surface area contributed by atoms with E-state index in [1.807, 2.05) is 31.2 Å². The molecule has 4 rings (SSSR count). The zero-order chi connectivity index (χ0) is 21.6. The van der Waals surface area contributed by atoms with Crippen LogP contribution in [0.15, 0.2) is 36.7 Å². The van der Waals surface area contributed by atoms with Gasteiger partial charge in [0.2, 0.25) is 5.91 Å². The summed E-state index contributed by atoms with van der Waals surface area (Å²) in [5.74, 6) is 3.34. The number of aromatic nitrogens is 2. The fourth-order valence-electron chi connectivity index (χ4n) is 4.17. The second-order valence-corrected chi connectivity index (χ2v) is 8.74. The molecule has 1 aromatic heterocycles. The van der Waals surface area contributed by atoms with Crippen LogP contribution in [0.4, 0.5) is 11.6 Å². The van der Waals surface area contributed by atoms with Crippen LogP contribution in [0.2, 0.25) is 0 Å². The number of anilines is 2. The minimum absolute atomic E-state index is 0.0142. The third kappa shape index (κ3) is 6.09. The van der Waals surface area contributed by atoms with Crippen molar-refractivity contribution in [3.63, 3.8) is 0 Å². The molecule has 7 nitrogen and oxygen atoms in total. The Morgan fingerprint density at radius 1 is 1.23 bits per heavy atom. The normalized spacial score (nSPS) is 19.5. The Balaban J connectivity index is 1.25. The van der Waals surface area contributed by atoms with E-state index in [1.165, 1.54) is 12.8 Å². The highest BCUT2D eigenvalue weighted by Gasteiger charge is 2.24.